The van der Waals surface area contributed by atoms with Gasteiger partial charge >= 0.3 is 0 Å². The van der Waals surface area contributed by atoms with E-state index in [0.29, 0.717) is 6.54 Å². The minimum atomic E-state index is 0. The maximum absolute atomic E-state index is 6.03. The molecule has 0 aliphatic heterocycles. The van der Waals surface area contributed by atoms with Crippen LogP contribution in [0.25, 0.3) is 0 Å². The quantitative estimate of drug-likeness (QED) is 0.434. The van der Waals surface area contributed by atoms with E-state index >= 15 is 0 Å². The molecule has 0 unspecified atom stereocenters. The molecule has 8 heteroatoms. The van der Waals surface area contributed by atoms with E-state index in [1.807, 2.05) is 43.8 Å². The number of halogens is 2. The number of aliphatic imine (C=N–C) groups is 1. The third-order valence-electron chi connectivity index (χ3n) is 3.18. The fourth-order valence-electron chi connectivity index (χ4n) is 2.05. The second-order valence-electron chi connectivity index (χ2n) is 5.01. The van der Waals surface area contributed by atoms with Crippen molar-refractivity contribution in [1.82, 2.24) is 25.0 Å². The number of hydrogen-bond acceptors (Lipinski definition) is 3. The van der Waals surface area contributed by atoms with E-state index in [9.17, 15) is 0 Å². The SMILES string of the molecule is CCNC(=NCc1nncn1C)N(C)Cc1cccc(Cl)c1.I. The summed E-state index contributed by atoms with van der Waals surface area (Å²) in [7, 11) is 3.91. The number of rotatable bonds is 5. The number of aromatic nitrogens is 3. The molecule has 0 atom stereocenters. The van der Waals surface area contributed by atoms with Crippen LogP contribution in [0, 0.1) is 0 Å². The van der Waals surface area contributed by atoms with Gasteiger partial charge in [0, 0.05) is 32.2 Å². The molecule has 6 nitrogen and oxygen atoms in total. The molecule has 23 heavy (non-hydrogen) atoms. The smallest absolute Gasteiger partial charge is 0.194 e. The van der Waals surface area contributed by atoms with Gasteiger partial charge in [-0.2, -0.15) is 0 Å². The lowest BCUT2D eigenvalue weighted by molar-refractivity contribution is 0.476. The Bertz CT molecular complexity index is 642. The first kappa shape index (κ1) is 19.7. The lowest BCUT2D eigenvalue weighted by Crippen LogP contribution is -2.38. The summed E-state index contributed by atoms with van der Waals surface area (Å²) < 4.78 is 1.87. The number of nitrogens with zero attached hydrogens (tertiary/aromatic N) is 5. The number of hydrogen-bond donors (Lipinski definition) is 1. The van der Waals surface area contributed by atoms with Crippen LogP contribution in [0.1, 0.15) is 18.3 Å². The third kappa shape index (κ3) is 5.98. The molecule has 1 N–H and O–H groups in total. The summed E-state index contributed by atoms with van der Waals surface area (Å²) in [4.78, 5) is 6.67. The average molecular weight is 449 g/mol. The van der Waals surface area contributed by atoms with Gasteiger partial charge in [0.05, 0.1) is 0 Å². The van der Waals surface area contributed by atoms with Crippen molar-refractivity contribution in [3.05, 3.63) is 47.0 Å². The van der Waals surface area contributed by atoms with E-state index in [1.165, 1.54) is 0 Å². The van der Waals surface area contributed by atoms with E-state index in [4.69, 9.17) is 11.6 Å². The Morgan fingerprint density at radius 2 is 2.22 bits per heavy atom. The largest absolute Gasteiger partial charge is 0.357 e. The monoisotopic (exact) mass is 448 g/mol. The first-order valence-electron chi connectivity index (χ1n) is 7.17. The van der Waals surface area contributed by atoms with Gasteiger partial charge in [-0.1, -0.05) is 23.7 Å². The molecule has 0 radical (unpaired) electrons. The molecular weight excluding hydrogens is 427 g/mol. The molecule has 0 aliphatic rings. The van der Waals surface area contributed by atoms with Gasteiger partial charge in [-0.05, 0) is 24.6 Å². The Hall–Kier alpha value is -1.35. The van der Waals surface area contributed by atoms with Crippen LogP contribution in [0.2, 0.25) is 5.02 Å². The molecule has 0 amide bonds. The van der Waals surface area contributed by atoms with Crippen molar-refractivity contribution in [1.29, 1.82) is 0 Å². The zero-order valence-electron chi connectivity index (χ0n) is 13.5. The van der Waals surface area contributed by atoms with Gasteiger partial charge in [0.25, 0.3) is 0 Å². The molecule has 2 rings (SSSR count). The molecule has 126 valence electrons. The molecule has 0 fully saturated rings. The number of aryl methyl sites for hydroxylation is 1. The average Bonchev–Trinajstić information content (AvgIpc) is 2.88. The molecule has 0 saturated carbocycles. The zero-order valence-corrected chi connectivity index (χ0v) is 16.6. The highest BCUT2D eigenvalue weighted by Crippen LogP contribution is 2.12. The lowest BCUT2D eigenvalue weighted by Gasteiger charge is -2.22. The van der Waals surface area contributed by atoms with E-state index in [-0.39, 0.29) is 24.0 Å². The van der Waals surface area contributed by atoms with E-state index in [1.54, 1.807) is 6.33 Å². The molecule has 2 aromatic rings. The zero-order chi connectivity index (χ0) is 15.9. The van der Waals surface area contributed by atoms with Crippen molar-refractivity contribution in [3.63, 3.8) is 0 Å². The predicted molar refractivity (Wildman–Crippen MR) is 104 cm³/mol. The van der Waals surface area contributed by atoms with Gasteiger partial charge in [-0.15, -0.1) is 34.2 Å². The molecule has 0 bridgehead atoms. The number of nitrogens with one attached hydrogen (secondary N) is 1. The molecule has 0 saturated heterocycles. The fourth-order valence-corrected chi connectivity index (χ4v) is 2.26. The highest BCUT2D eigenvalue weighted by molar-refractivity contribution is 14.0. The molecule has 0 aliphatic carbocycles. The van der Waals surface area contributed by atoms with Gasteiger partial charge in [0.1, 0.15) is 12.9 Å². The maximum atomic E-state index is 6.03. The van der Waals surface area contributed by atoms with Crippen LogP contribution in [-0.4, -0.2) is 39.2 Å². The van der Waals surface area contributed by atoms with Crippen molar-refractivity contribution in [2.45, 2.75) is 20.0 Å². The Labute approximate surface area is 159 Å². The van der Waals surface area contributed by atoms with Crippen LogP contribution in [-0.2, 0) is 20.1 Å². The maximum Gasteiger partial charge on any atom is 0.194 e. The molecule has 1 heterocycles. The first-order valence-corrected chi connectivity index (χ1v) is 7.54. The first-order chi connectivity index (χ1) is 10.6. The fraction of sp³-hybridized carbons (Fsp3) is 0.400. The Morgan fingerprint density at radius 3 is 2.83 bits per heavy atom. The van der Waals surface area contributed by atoms with Crippen LogP contribution in [0.4, 0.5) is 0 Å². The van der Waals surface area contributed by atoms with Crippen molar-refractivity contribution < 1.29 is 0 Å². The van der Waals surface area contributed by atoms with Gasteiger partial charge in [-0.25, -0.2) is 4.99 Å². The van der Waals surface area contributed by atoms with Gasteiger partial charge < -0.3 is 14.8 Å². The van der Waals surface area contributed by atoms with Crippen LogP contribution >= 0.6 is 35.6 Å². The molecule has 1 aromatic carbocycles. The topological polar surface area (TPSA) is 58.3 Å². The Kier molecular flexibility index (Phi) is 8.32. The van der Waals surface area contributed by atoms with Crippen molar-refractivity contribution in [2.75, 3.05) is 13.6 Å². The Morgan fingerprint density at radius 1 is 1.43 bits per heavy atom. The summed E-state index contributed by atoms with van der Waals surface area (Å²) >= 11 is 6.03. The van der Waals surface area contributed by atoms with Gasteiger partial charge in [0.2, 0.25) is 0 Å². The second-order valence-corrected chi connectivity index (χ2v) is 5.45. The normalized spacial score (nSPS) is 11.0. The van der Waals surface area contributed by atoms with Crippen molar-refractivity contribution in [2.24, 2.45) is 12.0 Å². The van der Waals surface area contributed by atoms with Crippen LogP contribution in [0.5, 0.6) is 0 Å². The van der Waals surface area contributed by atoms with Crippen LogP contribution < -0.4 is 5.32 Å². The summed E-state index contributed by atoms with van der Waals surface area (Å²) in [5.74, 6) is 1.65. The van der Waals surface area contributed by atoms with Crippen LogP contribution in [0.3, 0.4) is 0 Å². The standard InChI is InChI=1S/C15H21ClN6.HI/c1-4-17-15(18-9-14-20-19-11-22(14)3)21(2)10-12-6-5-7-13(16)8-12;/h5-8,11H,4,9-10H2,1-3H3,(H,17,18);1H. The summed E-state index contributed by atoms with van der Waals surface area (Å²) in [5.41, 5.74) is 1.14. The minimum Gasteiger partial charge on any atom is -0.357 e. The summed E-state index contributed by atoms with van der Waals surface area (Å²) in [5, 5.41) is 11.9. The van der Waals surface area contributed by atoms with Gasteiger partial charge in [-0.3, -0.25) is 0 Å². The lowest BCUT2D eigenvalue weighted by atomic mass is 10.2. The summed E-state index contributed by atoms with van der Waals surface area (Å²) in [6, 6.07) is 7.84. The van der Waals surface area contributed by atoms with E-state index in [2.05, 4.69) is 31.5 Å². The predicted octanol–water partition coefficient (Wildman–Crippen LogP) is 2.68. The summed E-state index contributed by atoms with van der Waals surface area (Å²) in [6.07, 6.45) is 1.67. The van der Waals surface area contributed by atoms with Crippen LogP contribution in [0.15, 0.2) is 35.6 Å². The molecular formula is C15H22ClIN6. The van der Waals surface area contributed by atoms with E-state index < -0.39 is 0 Å². The number of benzene rings is 1. The van der Waals surface area contributed by atoms with Crippen molar-refractivity contribution in [3.8, 4) is 0 Å². The highest BCUT2D eigenvalue weighted by atomic mass is 127. The summed E-state index contributed by atoms with van der Waals surface area (Å²) in [6.45, 7) is 4.06. The van der Waals surface area contributed by atoms with Gasteiger partial charge in [0.15, 0.2) is 11.8 Å². The second kappa shape index (κ2) is 9.71. The number of guanidine groups is 1. The molecule has 0 spiro atoms. The van der Waals surface area contributed by atoms with E-state index in [0.717, 1.165) is 35.5 Å². The third-order valence-corrected chi connectivity index (χ3v) is 3.42. The minimum absolute atomic E-state index is 0. The molecule has 1 aromatic heterocycles. The Balaban J connectivity index is 0.00000264. The van der Waals surface area contributed by atoms with Crippen molar-refractivity contribution >= 4 is 41.5 Å². The highest BCUT2D eigenvalue weighted by Gasteiger charge is 2.08.